The molecule has 6 heteroatoms. The molecule has 2 heterocycles. The van der Waals surface area contributed by atoms with Gasteiger partial charge in [-0.15, -0.1) is 0 Å². The van der Waals surface area contributed by atoms with Crippen LogP contribution in [0, 0.1) is 0 Å². The van der Waals surface area contributed by atoms with Crippen molar-refractivity contribution in [2.45, 2.75) is 57.0 Å². The molecule has 2 aliphatic rings. The Bertz CT molecular complexity index is 959. The molecule has 1 saturated carbocycles. The fraction of sp³-hybridized carbons (Fsp3) is 0.409. The molecular formula is C22H23N3O3. The molecule has 6 nitrogen and oxygen atoms in total. The van der Waals surface area contributed by atoms with Gasteiger partial charge in [-0.05, 0) is 55.4 Å². The van der Waals surface area contributed by atoms with E-state index in [0.717, 1.165) is 32.1 Å². The molecular weight excluding hydrogens is 354 g/mol. The van der Waals surface area contributed by atoms with Crippen LogP contribution in [0.4, 0.5) is 0 Å². The molecule has 3 aromatic rings. The molecule has 1 atom stereocenters. The summed E-state index contributed by atoms with van der Waals surface area (Å²) in [6.07, 6.45) is 7.90. The molecule has 0 bridgehead atoms. The smallest absolute Gasteiger partial charge is 0.238 e. The summed E-state index contributed by atoms with van der Waals surface area (Å²) in [5, 5.41) is 3.94. The number of carbonyl (C=O) groups excluding carboxylic acids is 1. The Balaban J connectivity index is 1.30. The van der Waals surface area contributed by atoms with Gasteiger partial charge in [-0.3, -0.25) is 4.79 Å². The van der Waals surface area contributed by atoms with Gasteiger partial charge in [-0.25, -0.2) is 0 Å². The highest BCUT2D eigenvalue weighted by Gasteiger charge is 2.39. The van der Waals surface area contributed by atoms with Crippen molar-refractivity contribution in [1.82, 2.24) is 15.0 Å². The number of aromatic nitrogens is 2. The number of benzene rings is 1. The monoisotopic (exact) mass is 377 g/mol. The fourth-order valence-corrected chi connectivity index (χ4v) is 4.21. The van der Waals surface area contributed by atoms with Crippen molar-refractivity contribution in [3.63, 3.8) is 0 Å². The van der Waals surface area contributed by atoms with Crippen molar-refractivity contribution >= 4 is 5.91 Å². The van der Waals surface area contributed by atoms with E-state index in [2.05, 4.69) is 39.3 Å². The van der Waals surface area contributed by atoms with Crippen molar-refractivity contribution in [3.8, 4) is 11.6 Å². The van der Waals surface area contributed by atoms with E-state index in [1.165, 1.54) is 11.1 Å². The molecule has 2 aliphatic carbocycles. The van der Waals surface area contributed by atoms with Gasteiger partial charge in [-0.2, -0.15) is 4.98 Å². The minimum Gasteiger partial charge on any atom is -0.461 e. The molecule has 28 heavy (non-hydrogen) atoms. The highest BCUT2D eigenvalue weighted by atomic mass is 16.5. The molecule has 2 aromatic heterocycles. The van der Waals surface area contributed by atoms with Gasteiger partial charge in [0.05, 0.1) is 12.3 Å². The SMILES string of the molecule is O=C(CCc1nc(-c2ccco2)no1)N(C1CC1)C1CCCc2ccccc21. The Morgan fingerprint density at radius 3 is 2.86 bits per heavy atom. The maximum Gasteiger partial charge on any atom is 0.238 e. The van der Waals surface area contributed by atoms with E-state index < -0.39 is 0 Å². The third-order valence-corrected chi connectivity index (χ3v) is 5.66. The van der Waals surface area contributed by atoms with Crippen LogP contribution in [0.2, 0.25) is 0 Å². The van der Waals surface area contributed by atoms with Gasteiger partial charge < -0.3 is 13.8 Å². The average Bonchev–Trinajstić information content (AvgIpc) is 3.20. The summed E-state index contributed by atoms with van der Waals surface area (Å²) in [5.74, 6) is 1.65. The number of amides is 1. The number of nitrogens with zero attached hydrogens (tertiary/aromatic N) is 3. The quantitative estimate of drug-likeness (QED) is 0.639. The summed E-state index contributed by atoms with van der Waals surface area (Å²) in [7, 11) is 0. The number of rotatable bonds is 6. The second kappa shape index (κ2) is 7.26. The van der Waals surface area contributed by atoms with Crippen molar-refractivity contribution in [3.05, 3.63) is 59.7 Å². The number of carbonyl (C=O) groups is 1. The van der Waals surface area contributed by atoms with Gasteiger partial charge in [-0.1, -0.05) is 29.4 Å². The highest BCUT2D eigenvalue weighted by Crippen LogP contribution is 2.41. The zero-order valence-electron chi connectivity index (χ0n) is 15.7. The third kappa shape index (κ3) is 3.35. The van der Waals surface area contributed by atoms with E-state index in [4.69, 9.17) is 8.94 Å². The van der Waals surface area contributed by atoms with Crippen molar-refractivity contribution in [2.75, 3.05) is 0 Å². The first kappa shape index (κ1) is 17.2. The molecule has 1 amide bonds. The van der Waals surface area contributed by atoms with Gasteiger partial charge in [0.2, 0.25) is 17.6 Å². The normalized spacial score (nSPS) is 18.6. The molecule has 0 N–H and O–H groups in total. The first-order valence-electron chi connectivity index (χ1n) is 10.0. The zero-order chi connectivity index (χ0) is 18.9. The average molecular weight is 377 g/mol. The molecule has 0 saturated heterocycles. The lowest BCUT2D eigenvalue weighted by atomic mass is 9.86. The molecule has 5 rings (SSSR count). The Morgan fingerprint density at radius 2 is 2.04 bits per heavy atom. The van der Waals surface area contributed by atoms with Gasteiger partial charge in [0.1, 0.15) is 0 Å². The van der Waals surface area contributed by atoms with Crippen LogP contribution in [0.3, 0.4) is 0 Å². The Morgan fingerprint density at radius 1 is 1.14 bits per heavy atom. The van der Waals surface area contributed by atoms with Crippen LogP contribution in [0.1, 0.15) is 55.2 Å². The number of fused-ring (bicyclic) bond motifs is 1. The Labute approximate surface area is 163 Å². The van der Waals surface area contributed by atoms with E-state index >= 15 is 0 Å². The standard InChI is InChI=1S/C22H23N3O3/c26-21(13-12-20-23-22(24-28-20)19-9-4-14-27-19)25(16-10-11-16)18-8-3-6-15-5-1-2-7-17(15)18/h1-2,4-5,7,9,14,16,18H,3,6,8,10-13H2. The third-order valence-electron chi connectivity index (χ3n) is 5.66. The summed E-state index contributed by atoms with van der Waals surface area (Å²) < 4.78 is 10.6. The van der Waals surface area contributed by atoms with E-state index in [-0.39, 0.29) is 11.9 Å². The lowest BCUT2D eigenvalue weighted by Crippen LogP contribution is -2.38. The molecule has 1 unspecified atom stereocenters. The molecule has 0 aliphatic heterocycles. The van der Waals surface area contributed by atoms with Crippen LogP contribution in [0.15, 0.2) is 51.6 Å². The van der Waals surface area contributed by atoms with Crippen LogP contribution in [0.5, 0.6) is 0 Å². The summed E-state index contributed by atoms with van der Waals surface area (Å²) >= 11 is 0. The van der Waals surface area contributed by atoms with Crippen LogP contribution in [-0.2, 0) is 17.6 Å². The maximum atomic E-state index is 13.2. The van der Waals surface area contributed by atoms with Gasteiger partial charge in [0, 0.05) is 18.9 Å². The predicted octanol–water partition coefficient (Wildman–Crippen LogP) is 4.33. The van der Waals surface area contributed by atoms with E-state index in [0.29, 0.717) is 36.4 Å². The van der Waals surface area contributed by atoms with Crippen LogP contribution >= 0.6 is 0 Å². The summed E-state index contributed by atoms with van der Waals surface area (Å²) in [6.45, 7) is 0. The largest absolute Gasteiger partial charge is 0.461 e. The van der Waals surface area contributed by atoms with Crippen LogP contribution in [-0.4, -0.2) is 27.0 Å². The highest BCUT2D eigenvalue weighted by molar-refractivity contribution is 5.77. The van der Waals surface area contributed by atoms with Gasteiger partial charge >= 0.3 is 0 Å². The number of furan rings is 1. The van der Waals surface area contributed by atoms with E-state index in [1.54, 1.807) is 18.4 Å². The van der Waals surface area contributed by atoms with Crippen molar-refractivity contribution < 1.29 is 13.7 Å². The minimum absolute atomic E-state index is 0.182. The fourth-order valence-electron chi connectivity index (χ4n) is 4.21. The molecule has 144 valence electrons. The van der Waals surface area contributed by atoms with E-state index in [1.807, 2.05) is 0 Å². The summed E-state index contributed by atoms with van der Waals surface area (Å²) in [6, 6.07) is 12.7. The van der Waals surface area contributed by atoms with Crippen molar-refractivity contribution in [2.24, 2.45) is 0 Å². The number of aryl methyl sites for hydroxylation is 2. The van der Waals surface area contributed by atoms with Crippen LogP contribution in [0.25, 0.3) is 11.6 Å². The Hall–Kier alpha value is -2.89. The molecule has 1 fully saturated rings. The minimum atomic E-state index is 0.182. The number of hydrogen-bond acceptors (Lipinski definition) is 5. The van der Waals surface area contributed by atoms with Crippen LogP contribution < -0.4 is 0 Å². The second-order valence-electron chi connectivity index (χ2n) is 7.63. The van der Waals surface area contributed by atoms with Gasteiger partial charge in [0.25, 0.3) is 0 Å². The number of hydrogen-bond donors (Lipinski definition) is 0. The Kier molecular flexibility index (Phi) is 4.47. The predicted molar refractivity (Wildman–Crippen MR) is 102 cm³/mol. The maximum absolute atomic E-state index is 13.2. The molecule has 0 spiro atoms. The topological polar surface area (TPSA) is 72.4 Å². The first-order chi connectivity index (χ1) is 13.8. The zero-order valence-corrected chi connectivity index (χ0v) is 15.7. The second-order valence-corrected chi connectivity index (χ2v) is 7.63. The van der Waals surface area contributed by atoms with E-state index in [9.17, 15) is 4.79 Å². The molecule has 0 radical (unpaired) electrons. The first-order valence-corrected chi connectivity index (χ1v) is 10.0. The summed E-state index contributed by atoms with van der Waals surface area (Å²) in [4.78, 5) is 19.7. The van der Waals surface area contributed by atoms with Crippen molar-refractivity contribution in [1.29, 1.82) is 0 Å². The summed E-state index contributed by atoms with van der Waals surface area (Å²) in [5.41, 5.74) is 2.71. The lowest BCUT2D eigenvalue weighted by Gasteiger charge is -2.36. The molecule has 1 aromatic carbocycles. The lowest BCUT2D eigenvalue weighted by molar-refractivity contribution is -0.134. The van der Waals surface area contributed by atoms with Gasteiger partial charge in [0.15, 0.2) is 5.76 Å².